The Bertz CT molecular complexity index is 1190. The van der Waals surface area contributed by atoms with E-state index in [9.17, 15) is 4.79 Å². The van der Waals surface area contributed by atoms with Gasteiger partial charge in [-0.25, -0.2) is 0 Å². The molecule has 29 heavy (non-hydrogen) atoms. The number of hydrogen-bond acceptors (Lipinski definition) is 3. The minimum absolute atomic E-state index is 0.212. The zero-order chi connectivity index (χ0) is 20.4. The van der Waals surface area contributed by atoms with Crippen LogP contribution in [0.1, 0.15) is 21.6 Å². The van der Waals surface area contributed by atoms with Crippen molar-refractivity contribution >= 4 is 22.5 Å². The number of benzene rings is 3. The molecule has 0 aliphatic heterocycles. The maximum absolute atomic E-state index is 12.6. The minimum atomic E-state index is -0.212. The van der Waals surface area contributed by atoms with Crippen LogP contribution in [0.3, 0.4) is 0 Å². The molecule has 0 aliphatic rings. The Labute approximate surface area is 169 Å². The molecule has 0 radical (unpaired) electrons. The number of hydrogen-bond donors (Lipinski definition) is 2. The Morgan fingerprint density at radius 1 is 0.897 bits per heavy atom. The van der Waals surface area contributed by atoms with E-state index in [1.807, 2.05) is 42.5 Å². The zero-order valence-electron chi connectivity index (χ0n) is 16.6. The molecule has 1 aromatic heterocycles. The number of fused-ring (bicyclic) bond motifs is 1. The molecule has 4 rings (SSSR count). The van der Waals surface area contributed by atoms with Gasteiger partial charge < -0.3 is 19.8 Å². The normalized spacial score (nSPS) is 10.7. The molecule has 0 bridgehead atoms. The Kier molecular flexibility index (Phi) is 4.96. The molecule has 0 unspecified atom stereocenters. The van der Waals surface area contributed by atoms with Crippen LogP contribution in [0.25, 0.3) is 10.9 Å². The number of anilines is 1. The lowest BCUT2D eigenvalue weighted by molar-refractivity contribution is 0.102. The van der Waals surface area contributed by atoms with Crippen LogP contribution in [0.15, 0.2) is 66.7 Å². The minimum Gasteiger partial charge on any atom is -0.497 e. The average molecular weight is 386 g/mol. The molecule has 5 heteroatoms. The third kappa shape index (κ3) is 3.94. The number of aromatic amines is 1. The molecule has 1 heterocycles. The summed E-state index contributed by atoms with van der Waals surface area (Å²) in [5.74, 6) is 1.80. The molecular formula is C24H22N2O3. The van der Waals surface area contributed by atoms with Crippen molar-refractivity contribution in [2.75, 3.05) is 12.4 Å². The molecule has 0 atom stereocenters. The van der Waals surface area contributed by atoms with E-state index in [4.69, 9.17) is 9.47 Å². The van der Waals surface area contributed by atoms with Gasteiger partial charge in [-0.15, -0.1) is 0 Å². The second kappa shape index (κ2) is 7.72. The quantitative estimate of drug-likeness (QED) is 0.453. The maximum Gasteiger partial charge on any atom is 0.255 e. The van der Waals surface area contributed by atoms with Crippen LogP contribution in [0, 0.1) is 13.8 Å². The first kappa shape index (κ1) is 18.6. The monoisotopic (exact) mass is 386 g/mol. The third-order valence-corrected chi connectivity index (χ3v) is 4.94. The number of nitrogens with one attached hydrogen (secondary N) is 2. The number of carbonyl (C=O) groups excluding carboxylic acids is 1. The second-order valence-electron chi connectivity index (χ2n) is 6.90. The van der Waals surface area contributed by atoms with Gasteiger partial charge in [0.25, 0.3) is 5.91 Å². The van der Waals surface area contributed by atoms with E-state index in [2.05, 4.69) is 24.1 Å². The van der Waals surface area contributed by atoms with E-state index >= 15 is 0 Å². The summed E-state index contributed by atoms with van der Waals surface area (Å²) in [7, 11) is 1.59. The highest BCUT2D eigenvalue weighted by atomic mass is 16.5. The van der Waals surface area contributed by atoms with Crippen LogP contribution in [0.4, 0.5) is 5.69 Å². The van der Waals surface area contributed by atoms with E-state index in [1.54, 1.807) is 31.4 Å². The molecule has 2 N–H and O–H groups in total. The van der Waals surface area contributed by atoms with E-state index in [-0.39, 0.29) is 5.91 Å². The van der Waals surface area contributed by atoms with Crippen LogP contribution < -0.4 is 14.8 Å². The van der Waals surface area contributed by atoms with Gasteiger partial charge in [0.2, 0.25) is 0 Å². The predicted octanol–water partition coefficient (Wildman–Crippen LogP) is 5.84. The summed E-state index contributed by atoms with van der Waals surface area (Å²) >= 11 is 0. The van der Waals surface area contributed by atoms with Gasteiger partial charge in [0.05, 0.1) is 7.11 Å². The van der Waals surface area contributed by atoms with Crippen molar-refractivity contribution in [2.24, 2.45) is 0 Å². The molecular weight excluding hydrogens is 364 g/mol. The fourth-order valence-electron chi connectivity index (χ4n) is 3.24. The lowest BCUT2D eigenvalue weighted by atomic mass is 10.1. The van der Waals surface area contributed by atoms with Crippen molar-refractivity contribution in [1.29, 1.82) is 0 Å². The van der Waals surface area contributed by atoms with Gasteiger partial charge in [-0.1, -0.05) is 12.1 Å². The summed E-state index contributed by atoms with van der Waals surface area (Å²) in [5, 5.41) is 4.01. The lowest BCUT2D eigenvalue weighted by Crippen LogP contribution is -2.11. The van der Waals surface area contributed by atoms with Crippen molar-refractivity contribution in [3.05, 3.63) is 83.6 Å². The number of ether oxygens (including phenoxy) is 2. The highest BCUT2D eigenvalue weighted by molar-refractivity contribution is 6.04. The molecule has 0 fully saturated rings. The summed E-state index contributed by atoms with van der Waals surface area (Å²) in [6.45, 7) is 4.14. The fourth-order valence-corrected chi connectivity index (χ4v) is 3.24. The molecule has 0 spiro atoms. The van der Waals surface area contributed by atoms with Crippen molar-refractivity contribution in [3.8, 4) is 17.2 Å². The third-order valence-electron chi connectivity index (χ3n) is 4.94. The lowest BCUT2D eigenvalue weighted by Gasteiger charge is -2.10. The SMILES string of the molecule is COc1cccc(NC(=O)c2cccc(Oc3ccc4[nH]c(C)c(C)c4c3)c2)c1. The van der Waals surface area contributed by atoms with E-state index in [0.29, 0.717) is 22.7 Å². The van der Waals surface area contributed by atoms with E-state index in [1.165, 1.54) is 5.56 Å². The highest BCUT2D eigenvalue weighted by Crippen LogP contribution is 2.29. The summed E-state index contributed by atoms with van der Waals surface area (Å²) < 4.78 is 11.2. The molecule has 1 amide bonds. The first-order chi connectivity index (χ1) is 14.0. The fraction of sp³-hybridized carbons (Fsp3) is 0.125. The van der Waals surface area contributed by atoms with Crippen molar-refractivity contribution < 1.29 is 14.3 Å². The van der Waals surface area contributed by atoms with Crippen molar-refractivity contribution in [1.82, 2.24) is 4.98 Å². The summed E-state index contributed by atoms with van der Waals surface area (Å²) in [4.78, 5) is 16.0. The number of H-pyrrole nitrogens is 1. The van der Waals surface area contributed by atoms with Gasteiger partial charge in [-0.3, -0.25) is 4.79 Å². The van der Waals surface area contributed by atoms with Gasteiger partial charge in [-0.2, -0.15) is 0 Å². The van der Waals surface area contributed by atoms with Crippen molar-refractivity contribution in [3.63, 3.8) is 0 Å². The van der Waals surface area contributed by atoms with Crippen LogP contribution in [0.2, 0.25) is 0 Å². The Morgan fingerprint density at radius 3 is 2.48 bits per heavy atom. The number of methoxy groups -OCH3 is 1. The van der Waals surface area contributed by atoms with Gasteiger partial charge in [-0.05, 0) is 67.9 Å². The first-order valence-electron chi connectivity index (χ1n) is 9.36. The molecule has 0 aliphatic carbocycles. The molecule has 3 aromatic carbocycles. The van der Waals surface area contributed by atoms with Gasteiger partial charge in [0, 0.05) is 33.9 Å². The zero-order valence-corrected chi connectivity index (χ0v) is 16.6. The number of aryl methyl sites for hydroxylation is 2. The smallest absolute Gasteiger partial charge is 0.255 e. The van der Waals surface area contributed by atoms with Gasteiger partial charge in [0.1, 0.15) is 17.2 Å². The van der Waals surface area contributed by atoms with E-state index < -0.39 is 0 Å². The Morgan fingerprint density at radius 2 is 1.66 bits per heavy atom. The summed E-state index contributed by atoms with van der Waals surface area (Å²) in [6, 6.07) is 20.3. The first-order valence-corrected chi connectivity index (χ1v) is 9.36. The number of aromatic nitrogens is 1. The molecule has 146 valence electrons. The Hall–Kier alpha value is -3.73. The van der Waals surface area contributed by atoms with Gasteiger partial charge >= 0.3 is 0 Å². The summed E-state index contributed by atoms with van der Waals surface area (Å²) in [5.41, 5.74) is 4.62. The van der Waals surface area contributed by atoms with Crippen LogP contribution in [-0.4, -0.2) is 18.0 Å². The number of amides is 1. The van der Waals surface area contributed by atoms with Crippen LogP contribution in [0.5, 0.6) is 17.2 Å². The number of rotatable bonds is 5. The summed E-state index contributed by atoms with van der Waals surface area (Å²) in [6.07, 6.45) is 0. The van der Waals surface area contributed by atoms with Crippen molar-refractivity contribution in [2.45, 2.75) is 13.8 Å². The van der Waals surface area contributed by atoms with E-state index in [0.717, 1.165) is 22.3 Å². The molecule has 0 saturated heterocycles. The average Bonchev–Trinajstić information content (AvgIpc) is 3.02. The van der Waals surface area contributed by atoms with Crippen LogP contribution in [-0.2, 0) is 0 Å². The second-order valence-corrected chi connectivity index (χ2v) is 6.90. The topological polar surface area (TPSA) is 63.4 Å². The standard InChI is InChI=1S/C24H22N2O3/c1-15-16(2)25-23-11-10-21(14-22(15)23)29-20-9-4-6-17(12-20)24(27)26-18-7-5-8-19(13-18)28-3/h4-14,25H,1-3H3,(H,26,27). The highest BCUT2D eigenvalue weighted by Gasteiger charge is 2.10. The maximum atomic E-state index is 12.6. The number of carbonyl (C=O) groups is 1. The van der Waals surface area contributed by atoms with Crippen LogP contribution >= 0.6 is 0 Å². The Balaban J connectivity index is 1.53. The van der Waals surface area contributed by atoms with Gasteiger partial charge in [0.15, 0.2) is 0 Å². The predicted molar refractivity (Wildman–Crippen MR) is 115 cm³/mol. The largest absolute Gasteiger partial charge is 0.497 e. The molecule has 4 aromatic rings. The molecule has 0 saturated carbocycles. The molecule has 5 nitrogen and oxygen atoms in total.